The Hall–Kier alpha value is -4.47. The summed E-state index contributed by atoms with van der Waals surface area (Å²) in [6, 6.07) is 35.1. The molecule has 7 aromatic rings. The first kappa shape index (κ1) is 37.3. The molecule has 0 radical (unpaired) electrons. The minimum absolute atomic E-state index is 0. The summed E-state index contributed by atoms with van der Waals surface area (Å²) in [5.74, 6) is 2.90. The largest absolute Gasteiger partial charge is 2.00 e. The van der Waals surface area contributed by atoms with Crippen LogP contribution in [0.15, 0.2) is 85.1 Å². The van der Waals surface area contributed by atoms with Gasteiger partial charge in [-0.15, -0.1) is 41.3 Å². The average molecular weight is 868 g/mol. The number of fused-ring (bicyclic) bond motifs is 3. The van der Waals surface area contributed by atoms with Gasteiger partial charge >= 0.3 is 21.1 Å². The minimum atomic E-state index is 0. The summed E-state index contributed by atoms with van der Waals surface area (Å²) in [5, 5.41) is 7.47. The van der Waals surface area contributed by atoms with E-state index in [9.17, 15) is 0 Å². The van der Waals surface area contributed by atoms with E-state index in [1.807, 2.05) is 12.3 Å². The van der Waals surface area contributed by atoms with E-state index in [-0.39, 0.29) is 27.0 Å². The summed E-state index contributed by atoms with van der Waals surface area (Å²) in [6.45, 7) is 17.7. The molecule has 0 fully saturated rings. The van der Waals surface area contributed by atoms with Crippen molar-refractivity contribution in [2.45, 2.75) is 87.0 Å². The molecule has 0 aliphatic heterocycles. The number of nitrogens with zero attached hydrogens (tertiary/aromatic N) is 4. The molecule has 4 aromatic carbocycles. The SMILES string of the molecule is CCCCc1ccnc(-n2c3[c-]c(Oc4[c-]c(-n5nc(C)c(-c6c(C)cccc6C)c5CC(C)C)cc(C(C)C)c4)ccc3c3ccccc32)c1.[Pt+2]. The Bertz CT molecular complexity index is 2340. The molecule has 0 saturated carbocycles. The van der Waals surface area contributed by atoms with Crippen LogP contribution >= 0.6 is 0 Å². The van der Waals surface area contributed by atoms with Crippen LogP contribution in [0.2, 0.25) is 0 Å². The van der Waals surface area contributed by atoms with Gasteiger partial charge in [-0.2, -0.15) is 11.2 Å². The molecule has 0 spiro atoms. The number of aryl methyl sites for hydroxylation is 4. The van der Waals surface area contributed by atoms with Crippen LogP contribution in [0.4, 0.5) is 0 Å². The average Bonchev–Trinajstić information content (AvgIpc) is 3.60. The van der Waals surface area contributed by atoms with Crippen LogP contribution in [0.25, 0.3) is 44.4 Å². The van der Waals surface area contributed by atoms with Gasteiger partial charge in [0.05, 0.1) is 11.4 Å². The quantitative estimate of drug-likeness (QED) is 0.122. The first-order valence-corrected chi connectivity index (χ1v) is 18.4. The van der Waals surface area contributed by atoms with Crippen molar-refractivity contribution >= 4 is 21.8 Å². The van der Waals surface area contributed by atoms with Crippen LogP contribution in [0.3, 0.4) is 0 Å². The predicted molar refractivity (Wildman–Crippen MR) is 211 cm³/mol. The topological polar surface area (TPSA) is 44.9 Å². The van der Waals surface area contributed by atoms with Gasteiger partial charge in [0.25, 0.3) is 0 Å². The maximum Gasteiger partial charge on any atom is 2.00 e. The van der Waals surface area contributed by atoms with Gasteiger partial charge in [0.15, 0.2) is 0 Å². The second kappa shape index (κ2) is 15.6. The van der Waals surface area contributed by atoms with E-state index in [1.54, 1.807) is 0 Å². The number of para-hydroxylation sites is 1. The van der Waals surface area contributed by atoms with Gasteiger partial charge in [0.1, 0.15) is 5.82 Å². The Morgan fingerprint density at radius 3 is 2.29 bits per heavy atom. The number of pyridine rings is 1. The van der Waals surface area contributed by atoms with Crippen molar-refractivity contribution in [1.82, 2.24) is 19.3 Å². The number of rotatable bonds is 11. The standard InChI is InChI=1S/C46H48N4O.Pt/c1-9-10-16-34-21-22-47-44(24-34)49-41-18-12-11-17-39(41)40-20-19-37(28-42(40)49)51-38-26-35(30(4)5)25-36(27-38)50-43(23-29(2)3)46(33(8)48-50)45-31(6)14-13-15-32(45)7;/h11-15,17-22,24-26,29-30H,9-10,16,23H2,1-8H3;/q-2;+2. The molecule has 3 heterocycles. The molecule has 7 rings (SSSR count). The van der Waals surface area contributed by atoms with Crippen LogP contribution < -0.4 is 4.74 Å². The zero-order valence-corrected chi connectivity index (χ0v) is 33.9. The maximum absolute atomic E-state index is 6.70. The summed E-state index contributed by atoms with van der Waals surface area (Å²) < 4.78 is 11.0. The van der Waals surface area contributed by atoms with E-state index in [4.69, 9.17) is 14.8 Å². The number of unbranched alkanes of at least 4 members (excludes halogenated alkanes) is 1. The van der Waals surface area contributed by atoms with Gasteiger partial charge in [-0.25, -0.2) is 4.98 Å². The molecule has 0 aliphatic rings. The van der Waals surface area contributed by atoms with E-state index in [0.717, 1.165) is 64.7 Å². The summed E-state index contributed by atoms with van der Waals surface area (Å²) in [5.41, 5.74) is 12.6. The molecule has 6 heteroatoms. The predicted octanol–water partition coefficient (Wildman–Crippen LogP) is 12.0. The van der Waals surface area contributed by atoms with Crippen molar-refractivity contribution in [2.24, 2.45) is 5.92 Å². The van der Waals surface area contributed by atoms with Crippen LogP contribution in [0.5, 0.6) is 11.5 Å². The van der Waals surface area contributed by atoms with Gasteiger partial charge < -0.3 is 9.30 Å². The van der Waals surface area contributed by atoms with Crippen LogP contribution in [-0.2, 0) is 33.9 Å². The van der Waals surface area contributed by atoms with Crippen LogP contribution in [-0.4, -0.2) is 19.3 Å². The molecule has 0 bridgehead atoms. The fourth-order valence-electron chi connectivity index (χ4n) is 7.34. The fraction of sp³-hybridized carbons (Fsp3) is 0.304. The van der Waals surface area contributed by atoms with Crippen LogP contribution in [0.1, 0.15) is 87.0 Å². The first-order chi connectivity index (χ1) is 24.6. The van der Waals surface area contributed by atoms with Crippen molar-refractivity contribution in [3.05, 3.63) is 131 Å². The third-order valence-corrected chi connectivity index (χ3v) is 9.87. The third-order valence-electron chi connectivity index (χ3n) is 9.87. The van der Waals surface area contributed by atoms with Gasteiger partial charge in [0.2, 0.25) is 0 Å². The van der Waals surface area contributed by atoms with Crippen molar-refractivity contribution in [2.75, 3.05) is 0 Å². The number of aromatic nitrogens is 4. The Kier molecular flexibility index (Phi) is 11.2. The number of benzene rings is 4. The van der Waals surface area contributed by atoms with E-state index in [2.05, 4.69) is 150 Å². The molecule has 0 saturated heterocycles. The Morgan fingerprint density at radius 2 is 1.56 bits per heavy atom. The van der Waals surface area contributed by atoms with Gasteiger partial charge in [-0.3, -0.25) is 4.68 Å². The second-order valence-corrected chi connectivity index (χ2v) is 14.7. The van der Waals surface area contributed by atoms with E-state index in [1.165, 1.54) is 39.1 Å². The molecular weight excluding hydrogens is 820 g/mol. The first-order valence-electron chi connectivity index (χ1n) is 18.4. The molecule has 5 nitrogen and oxygen atoms in total. The summed E-state index contributed by atoms with van der Waals surface area (Å²) in [7, 11) is 0. The molecule has 0 amide bonds. The Morgan fingerprint density at radius 1 is 0.788 bits per heavy atom. The molecule has 0 unspecified atom stereocenters. The second-order valence-electron chi connectivity index (χ2n) is 14.7. The number of ether oxygens (including phenoxy) is 1. The molecule has 0 N–H and O–H groups in total. The smallest absolute Gasteiger partial charge is 0.509 e. The van der Waals surface area contributed by atoms with Gasteiger partial charge in [-0.1, -0.05) is 83.0 Å². The van der Waals surface area contributed by atoms with E-state index in [0.29, 0.717) is 17.4 Å². The number of hydrogen-bond acceptors (Lipinski definition) is 3. The summed E-state index contributed by atoms with van der Waals surface area (Å²) in [6.07, 6.45) is 6.16. The molecule has 0 atom stereocenters. The monoisotopic (exact) mass is 867 g/mol. The summed E-state index contributed by atoms with van der Waals surface area (Å²) >= 11 is 0. The van der Waals surface area contributed by atoms with Gasteiger partial charge in [-0.05, 0) is 103 Å². The Balaban J connectivity index is 0.00000464. The van der Waals surface area contributed by atoms with Crippen molar-refractivity contribution < 1.29 is 25.8 Å². The third kappa shape index (κ3) is 7.26. The zero-order valence-electron chi connectivity index (χ0n) is 31.6. The van der Waals surface area contributed by atoms with Crippen molar-refractivity contribution in [3.8, 4) is 34.1 Å². The fourth-order valence-corrected chi connectivity index (χ4v) is 7.34. The molecule has 3 aromatic heterocycles. The maximum atomic E-state index is 6.70. The zero-order chi connectivity index (χ0) is 35.8. The Labute approximate surface area is 323 Å². The number of hydrogen-bond donors (Lipinski definition) is 0. The van der Waals surface area contributed by atoms with Crippen molar-refractivity contribution in [3.63, 3.8) is 0 Å². The van der Waals surface area contributed by atoms with Crippen LogP contribution in [0, 0.1) is 38.8 Å². The van der Waals surface area contributed by atoms with Crippen molar-refractivity contribution in [1.29, 1.82) is 0 Å². The van der Waals surface area contributed by atoms with E-state index >= 15 is 0 Å². The molecular formula is C46H48N4OPt. The van der Waals surface area contributed by atoms with E-state index < -0.39 is 0 Å². The normalized spacial score (nSPS) is 11.6. The minimum Gasteiger partial charge on any atom is -0.509 e. The summed E-state index contributed by atoms with van der Waals surface area (Å²) in [4.78, 5) is 4.84. The molecule has 52 heavy (non-hydrogen) atoms. The molecule has 0 aliphatic carbocycles. The molecule has 268 valence electrons. The van der Waals surface area contributed by atoms with Gasteiger partial charge in [0, 0.05) is 28.8 Å².